The summed E-state index contributed by atoms with van der Waals surface area (Å²) >= 11 is 0. The second-order valence-electron chi connectivity index (χ2n) is 12.8. The van der Waals surface area contributed by atoms with Crippen molar-refractivity contribution >= 4 is 0 Å². The summed E-state index contributed by atoms with van der Waals surface area (Å²) in [5.74, 6) is 3.17. The molecule has 170 valence electrons. The van der Waals surface area contributed by atoms with E-state index in [-0.39, 0.29) is 23.2 Å². The molecular formula is C27H44O3. The van der Waals surface area contributed by atoms with Crippen LogP contribution in [0.5, 0.6) is 0 Å². The van der Waals surface area contributed by atoms with Crippen LogP contribution in [0.25, 0.3) is 0 Å². The average Bonchev–Trinajstić information content (AvgIpc) is 3.13. The van der Waals surface area contributed by atoms with E-state index >= 15 is 0 Å². The maximum atomic E-state index is 11.3. The smallest absolute Gasteiger partial charge is 0.0892 e. The zero-order valence-corrected chi connectivity index (χ0v) is 19.9. The highest BCUT2D eigenvalue weighted by Gasteiger charge is 2.61. The van der Waals surface area contributed by atoms with Crippen molar-refractivity contribution in [2.24, 2.45) is 40.4 Å². The van der Waals surface area contributed by atoms with E-state index in [9.17, 15) is 10.2 Å². The Hall–Kier alpha value is -0.380. The standard InChI is InChI=1S/C27H44O3/c1-16(6-9-23-25(2,3)30-23)19-7-8-20-24-21(11-13-27(19,20)5)26(4)12-10-18(28)14-17(26)15-22(24)29/h15-16,18-24,28-29H,6-14H2,1-5H3/t16?,18-,19+,20-,21-,22+,23?,24?,26-,27+/m0/s1. The number of epoxide rings is 1. The third-order valence-corrected chi connectivity index (χ3v) is 10.9. The van der Waals surface area contributed by atoms with Crippen LogP contribution in [0.15, 0.2) is 11.6 Å². The highest BCUT2D eigenvalue weighted by Crippen LogP contribution is 2.67. The minimum atomic E-state index is -0.317. The van der Waals surface area contributed by atoms with Crippen molar-refractivity contribution < 1.29 is 14.9 Å². The van der Waals surface area contributed by atoms with Crippen LogP contribution in [0.3, 0.4) is 0 Å². The molecule has 5 aliphatic rings. The predicted octanol–water partition coefficient (Wildman–Crippen LogP) is 5.49. The van der Waals surface area contributed by atoms with E-state index in [1.165, 1.54) is 44.1 Å². The Morgan fingerprint density at radius 1 is 1.03 bits per heavy atom. The molecule has 1 heterocycles. The lowest BCUT2D eigenvalue weighted by atomic mass is 9.46. The Labute approximate surface area is 183 Å². The largest absolute Gasteiger partial charge is 0.393 e. The molecule has 0 bridgehead atoms. The molecule has 0 spiro atoms. The molecule has 1 saturated heterocycles. The fourth-order valence-electron chi connectivity index (χ4n) is 8.96. The molecular weight excluding hydrogens is 372 g/mol. The van der Waals surface area contributed by atoms with Crippen molar-refractivity contribution in [3.8, 4) is 0 Å². The van der Waals surface area contributed by atoms with Crippen LogP contribution in [0.4, 0.5) is 0 Å². The number of ether oxygens (including phenoxy) is 1. The molecule has 5 rings (SSSR count). The van der Waals surface area contributed by atoms with Crippen molar-refractivity contribution in [1.29, 1.82) is 0 Å². The van der Waals surface area contributed by atoms with Crippen molar-refractivity contribution in [2.45, 2.75) is 116 Å². The van der Waals surface area contributed by atoms with Crippen LogP contribution in [0.2, 0.25) is 0 Å². The number of hydrogen-bond acceptors (Lipinski definition) is 3. The molecule has 10 atom stereocenters. The Morgan fingerprint density at radius 3 is 2.47 bits per heavy atom. The summed E-state index contributed by atoms with van der Waals surface area (Å²) in [5.41, 5.74) is 2.04. The van der Waals surface area contributed by atoms with Crippen LogP contribution in [-0.4, -0.2) is 34.1 Å². The van der Waals surface area contributed by atoms with Gasteiger partial charge in [0.05, 0.1) is 23.9 Å². The molecule has 2 N–H and O–H groups in total. The van der Waals surface area contributed by atoms with Gasteiger partial charge in [0.15, 0.2) is 0 Å². The number of rotatable bonds is 4. The maximum Gasteiger partial charge on any atom is 0.0892 e. The first-order chi connectivity index (χ1) is 14.1. The van der Waals surface area contributed by atoms with E-state index in [0.29, 0.717) is 29.3 Å². The summed E-state index contributed by atoms with van der Waals surface area (Å²) < 4.78 is 5.85. The summed E-state index contributed by atoms with van der Waals surface area (Å²) in [5, 5.41) is 21.5. The SMILES string of the molecule is CC(CCC1OC1(C)C)[C@H]1CC[C@H]2C3[C@H](O)C=C4C[C@@H](O)CC[C@]4(C)[C@H]3CC[C@]12C. The quantitative estimate of drug-likeness (QED) is 0.470. The van der Waals surface area contributed by atoms with Gasteiger partial charge in [-0.05, 0) is 112 Å². The minimum absolute atomic E-state index is 0.110. The predicted molar refractivity (Wildman–Crippen MR) is 120 cm³/mol. The normalized spacial score (nSPS) is 52.6. The molecule has 0 aromatic heterocycles. The molecule has 4 fully saturated rings. The second-order valence-corrected chi connectivity index (χ2v) is 12.8. The van der Waals surface area contributed by atoms with Gasteiger partial charge in [0, 0.05) is 0 Å². The molecule has 0 amide bonds. The Kier molecular flexibility index (Phi) is 5.05. The fourth-order valence-corrected chi connectivity index (χ4v) is 8.96. The van der Waals surface area contributed by atoms with Gasteiger partial charge in [-0.3, -0.25) is 0 Å². The van der Waals surface area contributed by atoms with Crippen molar-refractivity contribution in [3.05, 3.63) is 11.6 Å². The van der Waals surface area contributed by atoms with Crippen LogP contribution >= 0.6 is 0 Å². The van der Waals surface area contributed by atoms with Crippen molar-refractivity contribution in [2.75, 3.05) is 0 Å². The number of fused-ring (bicyclic) bond motifs is 5. The monoisotopic (exact) mass is 416 g/mol. The summed E-state index contributed by atoms with van der Waals surface area (Å²) in [7, 11) is 0. The number of aliphatic hydroxyl groups is 2. The lowest BCUT2D eigenvalue weighted by Gasteiger charge is -2.59. The Bertz CT molecular complexity index is 713. The van der Waals surface area contributed by atoms with Gasteiger partial charge in [0.2, 0.25) is 0 Å². The average molecular weight is 417 g/mol. The molecule has 3 heteroatoms. The number of hydrogen-bond donors (Lipinski definition) is 2. The third-order valence-electron chi connectivity index (χ3n) is 10.9. The molecule has 30 heavy (non-hydrogen) atoms. The highest BCUT2D eigenvalue weighted by molar-refractivity contribution is 5.27. The number of aliphatic hydroxyl groups excluding tert-OH is 2. The summed E-state index contributed by atoms with van der Waals surface area (Å²) in [6, 6.07) is 0. The van der Waals surface area contributed by atoms with Crippen LogP contribution in [0, 0.1) is 40.4 Å². The molecule has 3 unspecified atom stereocenters. The van der Waals surface area contributed by atoms with Gasteiger partial charge >= 0.3 is 0 Å². The zero-order chi connectivity index (χ0) is 21.5. The van der Waals surface area contributed by atoms with E-state index in [4.69, 9.17) is 4.74 Å². The Balaban J connectivity index is 1.34. The van der Waals surface area contributed by atoms with E-state index in [1.54, 1.807) is 0 Å². The first-order valence-electron chi connectivity index (χ1n) is 12.8. The van der Waals surface area contributed by atoms with Crippen molar-refractivity contribution in [1.82, 2.24) is 0 Å². The van der Waals surface area contributed by atoms with Crippen LogP contribution in [-0.2, 0) is 4.74 Å². The lowest BCUT2D eigenvalue weighted by molar-refractivity contribution is -0.0971. The summed E-state index contributed by atoms with van der Waals surface area (Å²) in [4.78, 5) is 0. The second kappa shape index (κ2) is 7.06. The van der Waals surface area contributed by atoms with Gasteiger partial charge in [0.1, 0.15) is 0 Å². The molecule has 0 radical (unpaired) electrons. The topological polar surface area (TPSA) is 53.0 Å². The first kappa shape index (κ1) is 21.5. The zero-order valence-electron chi connectivity index (χ0n) is 19.9. The molecule has 1 aliphatic heterocycles. The van der Waals surface area contributed by atoms with E-state index in [0.717, 1.165) is 31.1 Å². The van der Waals surface area contributed by atoms with Gasteiger partial charge in [0.25, 0.3) is 0 Å². The molecule has 4 aliphatic carbocycles. The fraction of sp³-hybridized carbons (Fsp3) is 0.926. The van der Waals surface area contributed by atoms with E-state index in [1.807, 2.05) is 0 Å². The van der Waals surface area contributed by atoms with E-state index < -0.39 is 0 Å². The molecule has 0 aromatic carbocycles. The third kappa shape index (κ3) is 3.17. The van der Waals surface area contributed by atoms with Crippen LogP contribution < -0.4 is 0 Å². The van der Waals surface area contributed by atoms with E-state index in [2.05, 4.69) is 40.7 Å². The van der Waals surface area contributed by atoms with Crippen molar-refractivity contribution in [3.63, 3.8) is 0 Å². The maximum absolute atomic E-state index is 11.3. The van der Waals surface area contributed by atoms with Crippen LogP contribution in [0.1, 0.15) is 92.4 Å². The minimum Gasteiger partial charge on any atom is -0.393 e. The molecule has 0 aromatic rings. The first-order valence-corrected chi connectivity index (χ1v) is 12.8. The molecule has 3 nitrogen and oxygen atoms in total. The lowest BCUT2D eigenvalue weighted by Crippen LogP contribution is -2.54. The van der Waals surface area contributed by atoms with Gasteiger partial charge in [-0.15, -0.1) is 0 Å². The van der Waals surface area contributed by atoms with Gasteiger partial charge in [-0.25, -0.2) is 0 Å². The van der Waals surface area contributed by atoms with Gasteiger partial charge in [-0.2, -0.15) is 0 Å². The van der Waals surface area contributed by atoms with Gasteiger partial charge < -0.3 is 14.9 Å². The summed E-state index contributed by atoms with van der Waals surface area (Å²) in [6.07, 6.45) is 12.6. The summed E-state index contributed by atoms with van der Waals surface area (Å²) in [6.45, 7) is 11.9. The van der Waals surface area contributed by atoms with Gasteiger partial charge in [-0.1, -0.05) is 32.4 Å². The Morgan fingerprint density at radius 2 is 1.77 bits per heavy atom. The molecule has 3 saturated carbocycles. The highest BCUT2D eigenvalue weighted by atomic mass is 16.6.